The molecule has 9 aromatic rings. The van der Waals surface area contributed by atoms with Crippen molar-refractivity contribution in [3.8, 4) is 33.6 Å². The van der Waals surface area contributed by atoms with Crippen LogP contribution in [0.3, 0.4) is 0 Å². The van der Waals surface area contributed by atoms with Crippen molar-refractivity contribution >= 4 is 63.7 Å². The van der Waals surface area contributed by atoms with Crippen LogP contribution in [0.4, 0.5) is 0 Å². The van der Waals surface area contributed by atoms with Gasteiger partial charge in [0, 0.05) is 42.2 Å². The van der Waals surface area contributed by atoms with Gasteiger partial charge in [0.15, 0.2) is 0 Å². The predicted octanol–water partition coefficient (Wildman–Crippen LogP) is 15.4. The Balaban J connectivity index is 0.00000449. The van der Waals surface area contributed by atoms with E-state index in [1.807, 2.05) is 22.7 Å². The Morgan fingerprint density at radius 1 is 0.593 bits per heavy atom. The van der Waals surface area contributed by atoms with Gasteiger partial charge in [-0.1, -0.05) is 144 Å². The molecule has 0 saturated carbocycles. The van der Waals surface area contributed by atoms with Crippen LogP contribution in [0.5, 0.6) is 0 Å². The predicted molar refractivity (Wildman–Crippen MR) is 250 cm³/mol. The summed E-state index contributed by atoms with van der Waals surface area (Å²) in [5.74, 6) is 0. The summed E-state index contributed by atoms with van der Waals surface area (Å²) >= 11 is 3.75. The van der Waals surface area contributed by atoms with Crippen LogP contribution in [0.2, 0.25) is 0 Å². The standard InChI is InChI=1S/C54H48N2S2.Pt/c1-51(2,3)32-25-26-43-37(28-32)38-29-45(56-48(50(38)57-43)40-27-31-17-11-12-18-33(31)39-30-46(52(4,5)6)58-49(39)40)54(9,10)44-24-16-23-42(55-44)36-21-15-20-35-34-19-13-14-22-41(34)53(7,8)47(35)36;/h11-20,22-26,28-30H,1-10H3;/q-2;+2. The second-order valence-electron chi connectivity index (χ2n) is 19.3. The summed E-state index contributed by atoms with van der Waals surface area (Å²) in [5, 5.41) is 6.16. The average molecular weight is 984 g/mol. The minimum atomic E-state index is -0.534. The smallest absolute Gasteiger partial charge is 0.300 e. The first-order valence-electron chi connectivity index (χ1n) is 20.4. The molecule has 2 nitrogen and oxygen atoms in total. The molecule has 0 amide bonds. The van der Waals surface area contributed by atoms with Gasteiger partial charge < -0.3 is 4.98 Å². The minimum Gasteiger partial charge on any atom is -0.300 e. The fraction of sp³-hybridized carbons (Fsp3) is 0.259. The second kappa shape index (κ2) is 13.8. The van der Waals surface area contributed by atoms with Gasteiger partial charge in [-0.15, -0.1) is 58.2 Å². The molecule has 0 spiro atoms. The van der Waals surface area contributed by atoms with E-state index in [4.69, 9.17) is 9.97 Å². The third kappa shape index (κ3) is 6.27. The van der Waals surface area contributed by atoms with E-state index in [9.17, 15) is 0 Å². The van der Waals surface area contributed by atoms with Crippen LogP contribution in [-0.2, 0) is 42.7 Å². The number of thiophene rings is 2. The maximum atomic E-state index is 5.76. The van der Waals surface area contributed by atoms with Crippen molar-refractivity contribution < 1.29 is 21.1 Å². The Labute approximate surface area is 371 Å². The van der Waals surface area contributed by atoms with E-state index in [2.05, 4.69) is 191 Å². The van der Waals surface area contributed by atoms with Crippen LogP contribution in [0.25, 0.3) is 74.7 Å². The molecule has 0 saturated heterocycles. The van der Waals surface area contributed by atoms with Crippen LogP contribution in [0.15, 0.2) is 109 Å². The number of benzene rings is 5. The quantitative estimate of drug-likeness (QED) is 0.164. The van der Waals surface area contributed by atoms with Crippen LogP contribution in [0.1, 0.15) is 102 Å². The second-order valence-corrected chi connectivity index (χ2v) is 21.4. The molecule has 4 heterocycles. The SMILES string of the molecule is CC(C)(C)c1ccc2sc3c(-c4[c-]c5ccccc5c5cc(C(C)(C)C)sc45)nc(C(C)(C)c4cccc(-c5[c-]ccc6c5C(C)(C)c5ccccc5-6)n4)cc3c2c1.[Pt+2]. The summed E-state index contributed by atoms with van der Waals surface area (Å²) in [7, 11) is 0. The normalized spacial score (nSPS) is 13.9. The monoisotopic (exact) mass is 983 g/mol. The summed E-state index contributed by atoms with van der Waals surface area (Å²) in [6.45, 7) is 23.1. The molecular weight excluding hydrogens is 936 g/mol. The van der Waals surface area contributed by atoms with Gasteiger partial charge in [0.25, 0.3) is 0 Å². The topological polar surface area (TPSA) is 25.8 Å². The molecule has 59 heavy (non-hydrogen) atoms. The molecular formula is C54H48N2PtS2. The molecule has 296 valence electrons. The molecule has 10 rings (SSSR count). The van der Waals surface area contributed by atoms with Crippen molar-refractivity contribution in [2.45, 2.75) is 90.9 Å². The molecule has 5 heteroatoms. The van der Waals surface area contributed by atoms with Gasteiger partial charge in [-0.2, -0.15) is 11.3 Å². The Bertz CT molecular complexity index is 3150. The van der Waals surface area contributed by atoms with Crippen molar-refractivity contribution in [2.75, 3.05) is 0 Å². The van der Waals surface area contributed by atoms with E-state index in [0.717, 1.165) is 39.3 Å². The molecule has 0 unspecified atom stereocenters. The van der Waals surface area contributed by atoms with Gasteiger partial charge in [-0.05, 0) is 86.8 Å². The largest absolute Gasteiger partial charge is 2.00 e. The van der Waals surface area contributed by atoms with Crippen molar-refractivity contribution in [3.63, 3.8) is 0 Å². The summed E-state index contributed by atoms with van der Waals surface area (Å²) < 4.78 is 3.73. The third-order valence-electron chi connectivity index (χ3n) is 12.5. The van der Waals surface area contributed by atoms with Gasteiger partial charge >= 0.3 is 21.1 Å². The zero-order chi connectivity index (χ0) is 40.5. The van der Waals surface area contributed by atoms with E-state index in [-0.39, 0.29) is 37.3 Å². The van der Waals surface area contributed by atoms with Gasteiger partial charge in [0.05, 0.1) is 0 Å². The molecule has 0 bridgehead atoms. The molecule has 1 aliphatic rings. The van der Waals surface area contributed by atoms with Crippen molar-refractivity contribution in [2.24, 2.45) is 0 Å². The fourth-order valence-corrected chi connectivity index (χ4v) is 11.5. The van der Waals surface area contributed by atoms with E-state index >= 15 is 0 Å². The number of hydrogen-bond acceptors (Lipinski definition) is 4. The van der Waals surface area contributed by atoms with Crippen LogP contribution < -0.4 is 0 Å². The van der Waals surface area contributed by atoms with Gasteiger partial charge in [0.1, 0.15) is 0 Å². The number of fused-ring (bicyclic) bond motifs is 9. The number of pyridine rings is 2. The molecule has 0 aliphatic heterocycles. The zero-order valence-electron chi connectivity index (χ0n) is 35.4. The van der Waals surface area contributed by atoms with Crippen molar-refractivity contribution in [1.82, 2.24) is 9.97 Å². The van der Waals surface area contributed by atoms with Crippen molar-refractivity contribution in [3.05, 3.63) is 154 Å². The van der Waals surface area contributed by atoms with E-state index in [0.29, 0.717) is 0 Å². The number of nitrogens with zero attached hydrogens (tertiary/aromatic N) is 2. The fourth-order valence-electron chi connectivity index (χ4n) is 9.09. The Morgan fingerprint density at radius 3 is 2.12 bits per heavy atom. The van der Waals surface area contributed by atoms with Crippen LogP contribution >= 0.6 is 22.7 Å². The average Bonchev–Trinajstić information content (AvgIpc) is 3.88. The molecule has 5 aromatic carbocycles. The minimum absolute atomic E-state index is 0. The first-order valence-corrected chi connectivity index (χ1v) is 22.0. The third-order valence-corrected chi connectivity index (χ3v) is 15.3. The molecule has 0 fully saturated rings. The van der Waals surface area contributed by atoms with E-state index in [1.54, 1.807) is 0 Å². The molecule has 0 atom stereocenters. The molecule has 0 N–H and O–H groups in total. The maximum absolute atomic E-state index is 5.76. The van der Waals surface area contributed by atoms with E-state index in [1.165, 1.54) is 68.3 Å². The Hall–Kier alpha value is -4.47. The Kier molecular flexibility index (Phi) is 9.33. The number of aromatic nitrogens is 2. The summed E-state index contributed by atoms with van der Waals surface area (Å²) in [6, 6.07) is 47.7. The van der Waals surface area contributed by atoms with Crippen molar-refractivity contribution in [1.29, 1.82) is 0 Å². The number of hydrogen-bond donors (Lipinski definition) is 0. The summed E-state index contributed by atoms with van der Waals surface area (Å²) in [6.07, 6.45) is 0. The zero-order valence-corrected chi connectivity index (χ0v) is 39.3. The first kappa shape index (κ1) is 40.0. The summed E-state index contributed by atoms with van der Waals surface area (Å²) in [5.41, 5.74) is 12.0. The summed E-state index contributed by atoms with van der Waals surface area (Å²) in [4.78, 5) is 12.6. The Morgan fingerprint density at radius 2 is 1.34 bits per heavy atom. The van der Waals surface area contributed by atoms with E-state index < -0.39 is 5.41 Å². The van der Waals surface area contributed by atoms with Crippen LogP contribution in [-0.4, -0.2) is 9.97 Å². The number of rotatable bonds is 4. The van der Waals surface area contributed by atoms with Gasteiger partial charge in [-0.3, -0.25) is 4.98 Å². The maximum Gasteiger partial charge on any atom is 2.00 e. The molecule has 1 aliphatic carbocycles. The van der Waals surface area contributed by atoms with Gasteiger partial charge in [0.2, 0.25) is 0 Å². The molecule has 0 radical (unpaired) electrons. The van der Waals surface area contributed by atoms with Gasteiger partial charge in [-0.25, -0.2) is 0 Å². The molecule has 4 aromatic heterocycles. The van der Waals surface area contributed by atoms with Crippen LogP contribution in [0, 0.1) is 12.1 Å². The first-order chi connectivity index (χ1) is 27.5.